The Morgan fingerprint density at radius 1 is 1.47 bits per heavy atom. The van der Waals surface area contributed by atoms with E-state index in [1.54, 1.807) is 0 Å². The van der Waals surface area contributed by atoms with Gasteiger partial charge in [-0.05, 0) is 40.5 Å². The minimum absolute atomic E-state index is 0.0476. The standard InChI is InChI=1S/C13H25NO3/c1-6-7-8-9-16-10-11(2)14-12(15)17-13(3,4)5/h6,11H,1,7-10H2,2-5H3,(H,14,15). The Labute approximate surface area is 104 Å². The lowest BCUT2D eigenvalue weighted by atomic mass is 10.2. The smallest absolute Gasteiger partial charge is 0.407 e. The third-order valence-electron chi connectivity index (χ3n) is 1.83. The van der Waals surface area contributed by atoms with Crippen LogP contribution < -0.4 is 5.32 Å². The van der Waals surface area contributed by atoms with Crippen molar-refractivity contribution in [3.8, 4) is 0 Å². The summed E-state index contributed by atoms with van der Waals surface area (Å²) in [5.74, 6) is 0. The molecule has 100 valence electrons. The summed E-state index contributed by atoms with van der Waals surface area (Å²) in [5, 5.41) is 2.72. The summed E-state index contributed by atoms with van der Waals surface area (Å²) in [4.78, 5) is 11.4. The molecule has 0 heterocycles. The van der Waals surface area contributed by atoms with Crippen molar-refractivity contribution >= 4 is 6.09 Å². The number of alkyl carbamates (subject to hydrolysis) is 1. The Hall–Kier alpha value is -1.03. The highest BCUT2D eigenvalue weighted by Crippen LogP contribution is 2.06. The van der Waals surface area contributed by atoms with Gasteiger partial charge in [0.2, 0.25) is 0 Å². The van der Waals surface area contributed by atoms with Crippen LogP contribution in [-0.4, -0.2) is 30.9 Å². The summed E-state index contributed by atoms with van der Waals surface area (Å²) in [5.41, 5.74) is -0.464. The number of ether oxygens (including phenoxy) is 2. The lowest BCUT2D eigenvalue weighted by Crippen LogP contribution is -2.39. The van der Waals surface area contributed by atoms with Crippen LogP contribution in [0.4, 0.5) is 4.79 Å². The molecule has 0 spiro atoms. The SMILES string of the molecule is C=CCCCOCC(C)NC(=O)OC(C)(C)C. The van der Waals surface area contributed by atoms with E-state index >= 15 is 0 Å². The van der Waals surface area contributed by atoms with Crippen LogP contribution in [0.25, 0.3) is 0 Å². The van der Waals surface area contributed by atoms with Crippen molar-refractivity contribution in [3.63, 3.8) is 0 Å². The van der Waals surface area contributed by atoms with Gasteiger partial charge in [0, 0.05) is 6.61 Å². The van der Waals surface area contributed by atoms with Gasteiger partial charge in [-0.15, -0.1) is 6.58 Å². The van der Waals surface area contributed by atoms with E-state index in [-0.39, 0.29) is 6.04 Å². The van der Waals surface area contributed by atoms with Crippen LogP contribution in [0.3, 0.4) is 0 Å². The summed E-state index contributed by atoms with van der Waals surface area (Å²) < 4.78 is 10.5. The van der Waals surface area contributed by atoms with Crippen LogP contribution in [0.5, 0.6) is 0 Å². The second-order valence-electron chi connectivity index (χ2n) is 5.05. The van der Waals surface area contributed by atoms with Gasteiger partial charge in [-0.25, -0.2) is 4.79 Å². The van der Waals surface area contributed by atoms with E-state index in [2.05, 4.69) is 11.9 Å². The van der Waals surface area contributed by atoms with Gasteiger partial charge < -0.3 is 14.8 Å². The minimum atomic E-state index is -0.464. The average Bonchev–Trinajstić information content (AvgIpc) is 2.14. The molecule has 0 aromatic heterocycles. The minimum Gasteiger partial charge on any atom is -0.444 e. The van der Waals surface area contributed by atoms with Crippen molar-refractivity contribution in [2.24, 2.45) is 0 Å². The molecule has 0 saturated heterocycles. The van der Waals surface area contributed by atoms with E-state index in [4.69, 9.17) is 9.47 Å². The van der Waals surface area contributed by atoms with Gasteiger partial charge in [0.1, 0.15) is 5.60 Å². The fraction of sp³-hybridized carbons (Fsp3) is 0.769. The number of hydrogen-bond acceptors (Lipinski definition) is 3. The van der Waals surface area contributed by atoms with Crippen molar-refractivity contribution in [2.75, 3.05) is 13.2 Å². The van der Waals surface area contributed by atoms with Crippen LogP contribution in [0.2, 0.25) is 0 Å². The van der Waals surface area contributed by atoms with E-state index in [1.165, 1.54) is 0 Å². The molecule has 0 radical (unpaired) electrons. The van der Waals surface area contributed by atoms with Crippen molar-refractivity contribution in [1.29, 1.82) is 0 Å². The number of unbranched alkanes of at least 4 members (excludes halogenated alkanes) is 1. The topological polar surface area (TPSA) is 47.6 Å². The first-order chi connectivity index (χ1) is 7.85. The molecule has 4 heteroatoms. The third-order valence-corrected chi connectivity index (χ3v) is 1.83. The summed E-state index contributed by atoms with van der Waals surface area (Å²) >= 11 is 0. The van der Waals surface area contributed by atoms with Gasteiger partial charge in [0.25, 0.3) is 0 Å². The molecule has 1 amide bonds. The number of carbonyl (C=O) groups excluding carboxylic acids is 1. The molecule has 0 aromatic rings. The van der Waals surface area contributed by atoms with E-state index in [0.717, 1.165) is 12.8 Å². The fourth-order valence-electron chi connectivity index (χ4n) is 1.14. The zero-order valence-corrected chi connectivity index (χ0v) is 11.4. The van der Waals surface area contributed by atoms with Crippen LogP contribution in [0.1, 0.15) is 40.5 Å². The summed E-state index contributed by atoms with van der Waals surface area (Å²) in [6.45, 7) is 12.2. The molecule has 1 atom stereocenters. The number of amides is 1. The quantitative estimate of drug-likeness (QED) is 0.552. The predicted octanol–water partition coefficient (Wildman–Crippen LogP) is 2.88. The van der Waals surface area contributed by atoms with E-state index in [1.807, 2.05) is 33.8 Å². The van der Waals surface area contributed by atoms with Gasteiger partial charge in [0.05, 0.1) is 12.6 Å². The Morgan fingerprint density at radius 3 is 2.65 bits per heavy atom. The first-order valence-corrected chi connectivity index (χ1v) is 6.03. The average molecular weight is 243 g/mol. The fourth-order valence-corrected chi connectivity index (χ4v) is 1.14. The van der Waals surface area contributed by atoms with Gasteiger partial charge >= 0.3 is 6.09 Å². The molecular weight excluding hydrogens is 218 g/mol. The van der Waals surface area contributed by atoms with Gasteiger partial charge in [-0.1, -0.05) is 6.08 Å². The molecule has 0 aromatic carbocycles. The molecule has 1 N–H and O–H groups in total. The van der Waals surface area contributed by atoms with E-state index in [0.29, 0.717) is 13.2 Å². The highest BCUT2D eigenvalue weighted by molar-refractivity contribution is 5.68. The van der Waals surface area contributed by atoms with E-state index < -0.39 is 11.7 Å². The van der Waals surface area contributed by atoms with Crippen LogP contribution in [-0.2, 0) is 9.47 Å². The van der Waals surface area contributed by atoms with E-state index in [9.17, 15) is 4.79 Å². The molecule has 0 aliphatic rings. The summed E-state index contributed by atoms with van der Waals surface area (Å²) in [7, 11) is 0. The second-order valence-corrected chi connectivity index (χ2v) is 5.05. The molecule has 4 nitrogen and oxygen atoms in total. The molecule has 0 rings (SSSR count). The highest BCUT2D eigenvalue weighted by atomic mass is 16.6. The Kier molecular flexibility index (Phi) is 7.63. The zero-order chi connectivity index (χ0) is 13.3. The Balaban J connectivity index is 3.60. The van der Waals surface area contributed by atoms with Crippen LogP contribution in [0.15, 0.2) is 12.7 Å². The Bertz CT molecular complexity index is 233. The molecule has 0 saturated carbocycles. The number of allylic oxidation sites excluding steroid dienone is 1. The monoisotopic (exact) mass is 243 g/mol. The number of carbonyl (C=O) groups is 1. The molecule has 0 bridgehead atoms. The first-order valence-electron chi connectivity index (χ1n) is 6.03. The predicted molar refractivity (Wildman–Crippen MR) is 69.1 cm³/mol. The lowest BCUT2D eigenvalue weighted by molar-refractivity contribution is 0.0452. The van der Waals surface area contributed by atoms with Crippen LogP contribution in [0, 0.1) is 0 Å². The van der Waals surface area contributed by atoms with Crippen molar-refractivity contribution in [1.82, 2.24) is 5.32 Å². The van der Waals surface area contributed by atoms with Crippen molar-refractivity contribution < 1.29 is 14.3 Å². The first kappa shape index (κ1) is 16.0. The van der Waals surface area contributed by atoms with Gasteiger partial charge in [0.15, 0.2) is 0 Å². The van der Waals surface area contributed by atoms with Gasteiger partial charge in [-0.3, -0.25) is 0 Å². The van der Waals surface area contributed by atoms with Crippen molar-refractivity contribution in [2.45, 2.75) is 52.2 Å². The molecule has 0 fully saturated rings. The molecule has 1 unspecified atom stereocenters. The zero-order valence-electron chi connectivity index (χ0n) is 11.4. The summed E-state index contributed by atoms with van der Waals surface area (Å²) in [6, 6.07) is -0.0476. The Morgan fingerprint density at radius 2 is 2.12 bits per heavy atom. The molecule has 0 aliphatic heterocycles. The summed E-state index contributed by atoms with van der Waals surface area (Å²) in [6.07, 6.45) is 3.38. The lowest BCUT2D eigenvalue weighted by Gasteiger charge is -2.21. The maximum atomic E-state index is 11.4. The molecule has 17 heavy (non-hydrogen) atoms. The normalized spacial score (nSPS) is 12.9. The van der Waals surface area contributed by atoms with Crippen LogP contribution >= 0.6 is 0 Å². The second kappa shape index (κ2) is 8.12. The highest BCUT2D eigenvalue weighted by Gasteiger charge is 2.17. The third kappa shape index (κ3) is 11.2. The number of rotatable bonds is 7. The molecular formula is C13H25NO3. The molecule has 0 aliphatic carbocycles. The largest absolute Gasteiger partial charge is 0.444 e. The maximum absolute atomic E-state index is 11.4. The number of hydrogen-bond donors (Lipinski definition) is 1. The van der Waals surface area contributed by atoms with Crippen molar-refractivity contribution in [3.05, 3.63) is 12.7 Å². The number of nitrogens with one attached hydrogen (secondary N) is 1. The maximum Gasteiger partial charge on any atom is 0.407 e. The van der Waals surface area contributed by atoms with Gasteiger partial charge in [-0.2, -0.15) is 0 Å².